The lowest BCUT2D eigenvalue weighted by molar-refractivity contribution is 0.269. The molecule has 108 valence electrons. The third-order valence-electron chi connectivity index (χ3n) is 3.54. The zero-order valence-corrected chi connectivity index (χ0v) is 12.4. The Morgan fingerprint density at radius 1 is 1.16 bits per heavy atom. The van der Waals surface area contributed by atoms with Gasteiger partial charge in [-0.2, -0.15) is 0 Å². The predicted molar refractivity (Wildman–Crippen MR) is 75.3 cm³/mol. The molecule has 0 amide bonds. The Labute approximate surface area is 114 Å². The number of halogens is 2. The van der Waals surface area contributed by atoms with Crippen LogP contribution in [0.5, 0.6) is 0 Å². The molecule has 0 saturated heterocycles. The van der Waals surface area contributed by atoms with E-state index in [1.165, 1.54) is 12.1 Å². The van der Waals surface area contributed by atoms with E-state index in [2.05, 4.69) is 24.1 Å². The minimum atomic E-state index is -0.357. The first kappa shape index (κ1) is 16.1. The summed E-state index contributed by atoms with van der Waals surface area (Å²) in [5, 5.41) is 3.22. The van der Waals surface area contributed by atoms with E-state index in [0.717, 1.165) is 13.1 Å². The Morgan fingerprint density at radius 3 is 2.37 bits per heavy atom. The lowest BCUT2D eigenvalue weighted by Crippen LogP contribution is -2.34. The van der Waals surface area contributed by atoms with Gasteiger partial charge in [0.15, 0.2) is 0 Å². The van der Waals surface area contributed by atoms with E-state index in [4.69, 9.17) is 0 Å². The zero-order chi connectivity index (χ0) is 14.6. The van der Waals surface area contributed by atoms with Crippen molar-refractivity contribution >= 4 is 0 Å². The summed E-state index contributed by atoms with van der Waals surface area (Å²) in [5.74, 6) is -0.708. The molecule has 1 N–H and O–H groups in total. The van der Waals surface area contributed by atoms with Crippen LogP contribution < -0.4 is 5.32 Å². The van der Waals surface area contributed by atoms with Gasteiger partial charge in [0.05, 0.1) is 0 Å². The Bertz CT molecular complexity index is 419. The number of benzene rings is 1. The smallest absolute Gasteiger partial charge is 0.128 e. The molecule has 0 fully saturated rings. The van der Waals surface area contributed by atoms with Crippen molar-refractivity contribution < 1.29 is 8.78 Å². The second-order valence-electron chi connectivity index (χ2n) is 5.37. The predicted octanol–water partition coefficient (Wildman–Crippen LogP) is 3.26. The average molecular weight is 270 g/mol. The molecule has 1 aromatic rings. The second kappa shape index (κ2) is 6.96. The Morgan fingerprint density at radius 2 is 1.79 bits per heavy atom. The van der Waals surface area contributed by atoms with Crippen LogP contribution in [0, 0.1) is 18.6 Å². The van der Waals surface area contributed by atoms with Gasteiger partial charge in [-0.3, -0.25) is 0 Å². The van der Waals surface area contributed by atoms with Gasteiger partial charge in [-0.15, -0.1) is 0 Å². The van der Waals surface area contributed by atoms with Gasteiger partial charge >= 0.3 is 0 Å². The number of hydrogen-bond acceptors (Lipinski definition) is 2. The first-order valence-electron chi connectivity index (χ1n) is 6.72. The monoisotopic (exact) mass is 270 g/mol. The van der Waals surface area contributed by atoms with Gasteiger partial charge in [0.2, 0.25) is 0 Å². The lowest BCUT2D eigenvalue weighted by Gasteiger charge is -2.23. The van der Waals surface area contributed by atoms with Crippen molar-refractivity contribution in [2.75, 3.05) is 20.1 Å². The molecule has 0 aliphatic carbocycles. The molecule has 0 aliphatic rings. The minimum Gasteiger partial charge on any atom is -0.309 e. The van der Waals surface area contributed by atoms with E-state index in [0.29, 0.717) is 17.2 Å². The van der Waals surface area contributed by atoms with E-state index in [9.17, 15) is 8.78 Å². The van der Waals surface area contributed by atoms with Gasteiger partial charge in [-0.25, -0.2) is 8.78 Å². The summed E-state index contributed by atoms with van der Waals surface area (Å²) >= 11 is 0. The summed E-state index contributed by atoms with van der Waals surface area (Å²) in [6.07, 6.45) is 0. The summed E-state index contributed by atoms with van der Waals surface area (Å²) in [6, 6.07) is 2.82. The maximum Gasteiger partial charge on any atom is 0.128 e. The third kappa shape index (κ3) is 4.55. The summed E-state index contributed by atoms with van der Waals surface area (Å²) in [6.45, 7) is 9.28. The Kier molecular flexibility index (Phi) is 5.88. The van der Waals surface area contributed by atoms with Gasteiger partial charge in [0, 0.05) is 30.7 Å². The van der Waals surface area contributed by atoms with E-state index >= 15 is 0 Å². The van der Waals surface area contributed by atoms with Crippen LogP contribution in [-0.4, -0.2) is 31.1 Å². The minimum absolute atomic E-state index is 0.198. The SMILES string of the molecule is Cc1cc(F)c(C(C)NCCN(C)C(C)C)cc1F. The molecule has 1 aromatic carbocycles. The van der Waals surface area contributed by atoms with Crippen LogP contribution in [0.4, 0.5) is 8.78 Å². The fourth-order valence-electron chi connectivity index (χ4n) is 1.82. The molecular formula is C15H24F2N2. The molecule has 0 radical (unpaired) electrons. The highest BCUT2D eigenvalue weighted by atomic mass is 19.1. The summed E-state index contributed by atoms with van der Waals surface area (Å²) in [5.41, 5.74) is 0.725. The second-order valence-corrected chi connectivity index (χ2v) is 5.37. The van der Waals surface area contributed by atoms with Crippen LogP contribution in [0.25, 0.3) is 0 Å². The summed E-state index contributed by atoms with van der Waals surface area (Å²) in [4.78, 5) is 2.20. The van der Waals surface area contributed by atoms with Crippen LogP contribution in [0.3, 0.4) is 0 Å². The highest BCUT2D eigenvalue weighted by Gasteiger charge is 2.13. The molecule has 0 spiro atoms. The largest absolute Gasteiger partial charge is 0.309 e. The molecule has 1 atom stereocenters. The van der Waals surface area contributed by atoms with Crippen molar-refractivity contribution in [2.24, 2.45) is 0 Å². The van der Waals surface area contributed by atoms with E-state index in [1.807, 2.05) is 14.0 Å². The molecule has 0 aromatic heterocycles. The molecule has 0 saturated carbocycles. The molecule has 2 nitrogen and oxygen atoms in total. The van der Waals surface area contributed by atoms with Gasteiger partial charge in [0.1, 0.15) is 11.6 Å². The average Bonchev–Trinajstić information content (AvgIpc) is 2.33. The van der Waals surface area contributed by atoms with Crippen LogP contribution in [0.2, 0.25) is 0 Å². The summed E-state index contributed by atoms with van der Waals surface area (Å²) in [7, 11) is 2.04. The lowest BCUT2D eigenvalue weighted by atomic mass is 10.1. The Hall–Kier alpha value is -1.00. The first-order chi connectivity index (χ1) is 8.82. The van der Waals surface area contributed by atoms with Crippen molar-refractivity contribution in [1.29, 1.82) is 0 Å². The van der Waals surface area contributed by atoms with Crippen LogP contribution in [-0.2, 0) is 0 Å². The van der Waals surface area contributed by atoms with Gasteiger partial charge in [-0.1, -0.05) is 0 Å². The number of likely N-dealkylation sites (N-methyl/N-ethyl adjacent to an activating group) is 1. The fraction of sp³-hybridized carbons (Fsp3) is 0.600. The van der Waals surface area contributed by atoms with Gasteiger partial charge < -0.3 is 10.2 Å². The third-order valence-corrected chi connectivity index (χ3v) is 3.54. The maximum atomic E-state index is 13.8. The van der Waals surface area contributed by atoms with Crippen molar-refractivity contribution in [3.63, 3.8) is 0 Å². The molecule has 4 heteroatoms. The molecular weight excluding hydrogens is 246 g/mol. The quantitative estimate of drug-likeness (QED) is 0.853. The van der Waals surface area contributed by atoms with Gasteiger partial charge in [0.25, 0.3) is 0 Å². The standard InChI is InChI=1S/C15H24F2N2/c1-10(2)19(5)7-6-18-12(4)13-9-14(16)11(3)8-15(13)17/h8-10,12,18H,6-7H2,1-5H3. The van der Waals surface area contributed by atoms with E-state index < -0.39 is 0 Å². The number of nitrogens with one attached hydrogen (secondary N) is 1. The molecule has 0 aliphatic heterocycles. The zero-order valence-electron chi connectivity index (χ0n) is 12.4. The Balaban J connectivity index is 2.59. The van der Waals surface area contributed by atoms with Crippen LogP contribution >= 0.6 is 0 Å². The highest BCUT2D eigenvalue weighted by Crippen LogP contribution is 2.20. The van der Waals surface area contributed by atoms with Gasteiger partial charge in [-0.05, 0) is 52.4 Å². The first-order valence-corrected chi connectivity index (χ1v) is 6.72. The fourth-order valence-corrected chi connectivity index (χ4v) is 1.82. The maximum absolute atomic E-state index is 13.8. The van der Waals surface area contributed by atoms with Crippen LogP contribution in [0.15, 0.2) is 12.1 Å². The normalized spacial score (nSPS) is 13.3. The van der Waals surface area contributed by atoms with Crippen molar-refractivity contribution in [1.82, 2.24) is 10.2 Å². The van der Waals surface area contributed by atoms with E-state index in [1.54, 1.807) is 6.92 Å². The number of hydrogen-bond donors (Lipinski definition) is 1. The molecule has 0 bridgehead atoms. The van der Waals surface area contributed by atoms with E-state index in [-0.39, 0.29) is 17.7 Å². The summed E-state index contributed by atoms with van der Waals surface area (Å²) < 4.78 is 27.3. The van der Waals surface area contributed by atoms with Crippen molar-refractivity contribution in [3.05, 3.63) is 34.9 Å². The molecule has 19 heavy (non-hydrogen) atoms. The molecule has 1 rings (SSSR count). The number of aryl methyl sites for hydroxylation is 1. The molecule has 1 unspecified atom stereocenters. The van der Waals surface area contributed by atoms with Crippen molar-refractivity contribution in [2.45, 2.75) is 39.8 Å². The number of nitrogens with zero attached hydrogens (tertiary/aromatic N) is 1. The molecule has 0 heterocycles. The highest BCUT2D eigenvalue weighted by molar-refractivity contribution is 5.27. The number of rotatable bonds is 6. The van der Waals surface area contributed by atoms with Crippen molar-refractivity contribution in [3.8, 4) is 0 Å². The topological polar surface area (TPSA) is 15.3 Å². The van der Waals surface area contributed by atoms with Crippen LogP contribution in [0.1, 0.15) is 37.9 Å².